The van der Waals surface area contributed by atoms with Crippen molar-refractivity contribution in [1.82, 2.24) is 30.8 Å². The third-order valence-corrected chi connectivity index (χ3v) is 9.67. The number of aliphatic imine (C=N–C) groups is 1. The maximum absolute atomic E-state index is 14.6. The minimum Gasteiger partial charge on any atom is -0.495 e. The molecule has 2 amide bonds. The van der Waals surface area contributed by atoms with Crippen LogP contribution in [0.5, 0.6) is 5.75 Å². The first-order valence-corrected chi connectivity index (χ1v) is 16.3. The Morgan fingerprint density at radius 3 is 2.49 bits per heavy atom. The van der Waals surface area contributed by atoms with Crippen molar-refractivity contribution in [2.24, 2.45) is 16.3 Å². The molecule has 1 atom stereocenters. The maximum Gasteiger partial charge on any atom is 0.275 e. The number of rotatable bonds is 11. The number of tetrazole rings is 1. The Hall–Kier alpha value is -3.79. The van der Waals surface area contributed by atoms with Crippen LogP contribution in [0.2, 0.25) is 5.02 Å². The van der Waals surface area contributed by atoms with Gasteiger partial charge in [-0.05, 0) is 79.3 Å². The number of ether oxygens (including phenoxy) is 1. The van der Waals surface area contributed by atoms with Gasteiger partial charge < -0.3 is 15.0 Å². The Morgan fingerprint density at radius 2 is 1.89 bits per heavy atom. The average molecular weight is 634 g/mol. The maximum atomic E-state index is 14.6. The Labute approximate surface area is 270 Å². The van der Waals surface area contributed by atoms with Gasteiger partial charge in [0.05, 0.1) is 24.7 Å². The summed E-state index contributed by atoms with van der Waals surface area (Å²) in [7, 11) is 1.58. The molecule has 3 aromatic rings. The molecule has 2 N–H and O–H groups in total. The van der Waals surface area contributed by atoms with Gasteiger partial charge in [0.25, 0.3) is 11.8 Å². The van der Waals surface area contributed by atoms with E-state index in [0.29, 0.717) is 39.4 Å². The second-order valence-electron chi connectivity index (χ2n) is 13.3. The van der Waals surface area contributed by atoms with E-state index < -0.39 is 5.66 Å². The van der Waals surface area contributed by atoms with Crippen molar-refractivity contribution in [3.05, 3.63) is 70.0 Å². The summed E-state index contributed by atoms with van der Waals surface area (Å²) in [5, 5.41) is 16.9. The summed E-state index contributed by atoms with van der Waals surface area (Å²) in [6.07, 6.45) is 7.51. The lowest BCUT2D eigenvalue weighted by atomic mass is 9.69. The number of benzene rings is 2. The number of halogens is 1. The lowest BCUT2D eigenvalue weighted by molar-refractivity contribution is -0.133. The molecule has 0 saturated heterocycles. The Bertz CT molecular complexity index is 1510. The quantitative estimate of drug-likeness (QED) is 0.227. The fourth-order valence-electron chi connectivity index (χ4n) is 6.75. The van der Waals surface area contributed by atoms with Gasteiger partial charge in [-0.15, -0.1) is 10.2 Å². The van der Waals surface area contributed by atoms with Gasteiger partial charge >= 0.3 is 0 Å². The minimum atomic E-state index is -0.641. The third kappa shape index (κ3) is 7.06. The number of hydrogen-bond donors (Lipinski definition) is 2. The Balaban J connectivity index is 1.48. The highest BCUT2D eigenvalue weighted by Gasteiger charge is 2.52. The van der Waals surface area contributed by atoms with Crippen molar-refractivity contribution >= 4 is 29.1 Å². The van der Waals surface area contributed by atoms with Crippen LogP contribution < -0.4 is 10.1 Å². The molecule has 2 heterocycles. The zero-order valence-electron chi connectivity index (χ0n) is 26.9. The third-order valence-electron chi connectivity index (χ3n) is 9.37. The molecule has 1 spiro atoms. The second-order valence-corrected chi connectivity index (χ2v) is 13.7. The van der Waals surface area contributed by atoms with Gasteiger partial charge in [0.1, 0.15) is 17.1 Å². The number of carbonyl (C=O) groups excluding carboxylic acids is 2. The second kappa shape index (κ2) is 13.7. The average Bonchev–Trinajstić information content (AvgIpc) is 3.64. The molecule has 11 heteroatoms. The van der Waals surface area contributed by atoms with Gasteiger partial charge in [0.2, 0.25) is 0 Å². The van der Waals surface area contributed by atoms with E-state index in [2.05, 4.69) is 58.5 Å². The lowest BCUT2D eigenvalue weighted by Gasteiger charge is -2.47. The van der Waals surface area contributed by atoms with Crippen LogP contribution in [0.3, 0.4) is 0 Å². The van der Waals surface area contributed by atoms with Crippen LogP contribution in [0.25, 0.3) is 0 Å². The molecule has 1 aromatic heterocycles. The lowest BCUT2D eigenvalue weighted by Crippen LogP contribution is -2.51. The number of amides is 2. The molecular formula is C34H44ClN7O3. The van der Waals surface area contributed by atoms with E-state index in [1.165, 1.54) is 0 Å². The molecule has 2 aromatic carbocycles. The topological polar surface area (TPSA) is 125 Å². The van der Waals surface area contributed by atoms with Crippen LogP contribution in [-0.4, -0.2) is 55.8 Å². The number of carbonyl (C=O) groups is 2. The highest BCUT2D eigenvalue weighted by atomic mass is 35.5. The van der Waals surface area contributed by atoms with Crippen molar-refractivity contribution in [1.29, 1.82) is 0 Å². The van der Waals surface area contributed by atoms with E-state index >= 15 is 0 Å². The van der Waals surface area contributed by atoms with Crippen LogP contribution in [0.1, 0.15) is 112 Å². The van der Waals surface area contributed by atoms with Crippen molar-refractivity contribution < 1.29 is 14.3 Å². The first-order chi connectivity index (χ1) is 21.6. The molecule has 0 unspecified atom stereocenters. The van der Waals surface area contributed by atoms with Crippen LogP contribution >= 0.6 is 11.6 Å². The van der Waals surface area contributed by atoms with Gasteiger partial charge in [-0.2, -0.15) is 5.21 Å². The predicted octanol–water partition coefficient (Wildman–Crippen LogP) is 6.68. The van der Waals surface area contributed by atoms with E-state index in [4.69, 9.17) is 21.3 Å². The zero-order chi connectivity index (χ0) is 32.2. The summed E-state index contributed by atoms with van der Waals surface area (Å²) in [6.45, 7) is 9.26. The van der Waals surface area contributed by atoms with Crippen LogP contribution in [0, 0.1) is 11.3 Å². The number of aromatic nitrogens is 4. The van der Waals surface area contributed by atoms with Crippen molar-refractivity contribution in [3.63, 3.8) is 0 Å². The van der Waals surface area contributed by atoms with E-state index in [9.17, 15) is 9.59 Å². The molecule has 5 rings (SSSR count). The van der Waals surface area contributed by atoms with Gasteiger partial charge in [0, 0.05) is 11.1 Å². The fourth-order valence-corrected chi connectivity index (χ4v) is 7.01. The summed E-state index contributed by atoms with van der Waals surface area (Å²) in [4.78, 5) is 34.8. The largest absolute Gasteiger partial charge is 0.495 e. The molecule has 240 valence electrons. The highest BCUT2D eigenvalue weighted by molar-refractivity contribution is 6.47. The molecule has 1 fully saturated rings. The first-order valence-electron chi connectivity index (χ1n) is 15.9. The molecule has 0 bridgehead atoms. The van der Waals surface area contributed by atoms with E-state index in [1.807, 2.05) is 30.3 Å². The predicted molar refractivity (Wildman–Crippen MR) is 174 cm³/mol. The SMILES string of the molecule is CCCCC[C@H](c1ccc(C(=O)NCc2nn[nH]n2)cc1)N1C(=O)C(c2ccc(OC)c(Cl)c2)=NC12CCC(C(C)(C)C)CC2. The van der Waals surface area contributed by atoms with Gasteiger partial charge in [-0.1, -0.05) is 75.9 Å². The number of unbranched alkanes of at least 4 members (excludes halogenated alkanes) is 2. The molecule has 2 aliphatic rings. The monoisotopic (exact) mass is 633 g/mol. The fraction of sp³-hybridized carbons (Fsp3) is 0.529. The summed E-state index contributed by atoms with van der Waals surface area (Å²) in [6, 6.07) is 12.8. The summed E-state index contributed by atoms with van der Waals surface area (Å²) >= 11 is 6.52. The number of nitrogens with one attached hydrogen (secondary N) is 2. The van der Waals surface area contributed by atoms with Crippen LogP contribution in [-0.2, 0) is 11.3 Å². The smallest absolute Gasteiger partial charge is 0.275 e. The number of hydrogen-bond acceptors (Lipinski definition) is 7. The Kier molecular flexibility index (Phi) is 9.91. The molecule has 1 saturated carbocycles. The molecule has 45 heavy (non-hydrogen) atoms. The molecule has 0 radical (unpaired) electrons. The van der Waals surface area contributed by atoms with Crippen molar-refractivity contribution in [2.75, 3.05) is 7.11 Å². The number of aromatic amines is 1. The van der Waals surface area contributed by atoms with Crippen molar-refractivity contribution in [2.45, 2.75) is 97.3 Å². The van der Waals surface area contributed by atoms with Crippen molar-refractivity contribution in [3.8, 4) is 5.75 Å². The normalized spacial score (nSPS) is 20.8. The number of nitrogens with zero attached hydrogens (tertiary/aromatic N) is 5. The van der Waals surface area contributed by atoms with Crippen LogP contribution in [0.15, 0.2) is 47.5 Å². The summed E-state index contributed by atoms with van der Waals surface area (Å²) < 4.78 is 5.37. The van der Waals surface area contributed by atoms with E-state index in [0.717, 1.165) is 56.9 Å². The highest BCUT2D eigenvalue weighted by Crippen LogP contribution is 2.50. The zero-order valence-corrected chi connectivity index (χ0v) is 27.7. The van der Waals surface area contributed by atoms with Gasteiger partial charge in [0.15, 0.2) is 5.82 Å². The number of H-pyrrole nitrogens is 1. The molecular weight excluding hydrogens is 590 g/mol. The van der Waals surface area contributed by atoms with E-state index in [1.54, 1.807) is 19.2 Å². The summed E-state index contributed by atoms with van der Waals surface area (Å²) in [5.41, 5.74) is 2.21. The summed E-state index contributed by atoms with van der Waals surface area (Å²) in [5.74, 6) is 1.21. The first kappa shape index (κ1) is 32.6. The number of methoxy groups -OCH3 is 1. The molecule has 1 aliphatic carbocycles. The van der Waals surface area contributed by atoms with E-state index in [-0.39, 0.29) is 29.8 Å². The molecule has 10 nitrogen and oxygen atoms in total. The van der Waals surface area contributed by atoms with Gasteiger partial charge in [-0.25, -0.2) is 0 Å². The minimum absolute atomic E-state index is 0.0751. The van der Waals surface area contributed by atoms with Crippen LogP contribution in [0.4, 0.5) is 0 Å². The molecule has 1 aliphatic heterocycles. The Morgan fingerprint density at radius 1 is 1.16 bits per heavy atom. The van der Waals surface area contributed by atoms with Gasteiger partial charge in [-0.3, -0.25) is 14.6 Å². The standard InChI is InChI=1S/C34H44ClN7O3/c1-6-7-8-9-27(22-10-12-23(13-11-22)31(43)36-21-29-38-40-41-39-29)42-32(44)30(24-14-15-28(45-5)26(35)20-24)37-34(42)18-16-25(17-19-34)33(2,3)4/h10-15,20,25,27H,6-9,16-19,21H2,1-5H3,(H,36,43)(H,38,39,40,41)/t25?,27-,34?/m1/s1.